The molecule has 0 fully saturated rings. The number of nitrogens with zero attached hydrogens (tertiary/aromatic N) is 1. The van der Waals surface area contributed by atoms with Crippen LogP contribution in [-0.4, -0.2) is 18.4 Å². The second-order valence-corrected chi connectivity index (χ2v) is 4.97. The number of carbonyl (C=O) groups excluding carboxylic acids is 2. The smallest absolute Gasteiger partial charge is 0.310 e. The van der Waals surface area contributed by atoms with Crippen LogP contribution in [0.4, 0.5) is 0 Å². The molecule has 2 N–H and O–H groups in total. The van der Waals surface area contributed by atoms with Crippen LogP contribution in [0.15, 0.2) is 40.0 Å². The highest BCUT2D eigenvalue weighted by Gasteiger charge is 2.14. The van der Waals surface area contributed by atoms with E-state index in [1.54, 1.807) is 18.2 Å². The van der Waals surface area contributed by atoms with Gasteiger partial charge in [0.05, 0.1) is 6.42 Å². The number of halogens is 1. The number of hydrogen-bond acceptors (Lipinski definition) is 5. The van der Waals surface area contributed by atoms with Gasteiger partial charge in [-0.25, -0.2) is 0 Å². The molecule has 0 atom stereocenters. The van der Waals surface area contributed by atoms with E-state index in [-0.39, 0.29) is 17.7 Å². The first-order chi connectivity index (χ1) is 9.43. The Balaban J connectivity index is 2.52. The minimum atomic E-state index is -0.600. The first-order valence-corrected chi connectivity index (χ1v) is 6.53. The fraction of sp³-hybridized carbons (Fsp3) is 0.214. The van der Waals surface area contributed by atoms with Crippen molar-refractivity contribution in [3.8, 4) is 6.07 Å². The maximum atomic E-state index is 11.6. The Morgan fingerprint density at radius 1 is 1.35 bits per heavy atom. The molecule has 5 nitrogen and oxygen atoms in total. The zero-order chi connectivity index (χ0) is 15.1. The maximum Gasteiger partial charge on any atom is 0.310 e. The van der Waals surface area contributed by atoms with Crippen LogP contribution in [0.1, 0.15) is 12.5 Å². The lowest BCUT2D eigenvalue weighted by atomic mass is 10.1. The van der Waals surface area contributed by atoms with Crippen molar-refractivity contribution in [3.05, 3.63) is 45.6 Å². The number of Topliss-reactive ketones (excluding diaryl/α,β-unsaturated/α-hetero) is 1. The van der Waals surface area contributed by atoms with Gasteiger partial charge in [-0.1, -0.05) is 28.1 Å². The van der Waals surface area contributed by atoms with Gasteiger partial charge in [0, 0.05) is 10.2 Å². The summed E-state index contributed by atoms with van der Waals surface area (Å²) in [6, 6.07) is 8.86. The van der Waals surface area contributed by atoms with Crippen LogP contribution >= 0.6 is 15.9 Å². The number of allylic oxidation sites excluding steroid dienone is 1. The largest absolute Gasteiger partial charge is 0.457 e. The molecule has 1 rings (SSSR count). The van der Waals surface area contributed by atoms with Gasteiger partial charge >= 0.3 is 5.97 Å². The molecule has 0 amide bonds. The Labute approximate surface area is 125 Å². The van der Waals surface area contributed by atoms with Gasteiger partial charge in [0.25, 0.3) is 0 Å². The second-order valence-electron chi connectivity index (χ2n) is 4.06. The molecule has 0 saturated carbocycles. The Morgan fingerprint density at radius 3 is 2.45 bits per heavy atom. The summed E-state index contributed by atoms with van der Waals surface area (Å²) >= 11 is 3.29. The van der Waals surface area contributed by atoms with E-state index in [0.29, 0.717) is 0 Å². The van der Waals surface area contributed by atoms with E-state index in [0.717, 1.165) is 10.0 Å². The Hall–Kier alpha value is -2.13. The van der Waals surface area contributed by atoms with Crippen molar-refractivity contribution in [2.24, 2.45) is 5.73 Å². The summed E-state index contributed by atoms with van der Waals surface area (Å²) in [6.07, 6.45) is 0.0633. The van der Waals surface area contributed by atoms with Crippen LogP contribution in [0.5, 0.6) is 0 Å². The summed E-state index contributed by atoms with van der Waals surface area (Å²) in [6.45, 7) is 0.965. The number of nitriles is 1. The highest BCUT2D eigenvalue weighted by molar-refractivity contribution is 9.10. The molecule has 0 aliphatic rings. The van der Waals surface area contributed by atoms with Gasteiger partial charge < -0.3 is 10.5 Å². The van der Waals surface area contributed by atoms with Crippen LogP contribution in [0.25, 0.3) is 0 Å². The maximum absolute atomic E-state index is 11.6. The fourth-order valence-corrected chi connectivity index (χ4v) is 1.67. The normalized spacial score (nSPS) is 11.2. The summed E-state index contributed by atoms with van der Waals surface area (Å²) in [4.78, 5) is 23.1. The number of rotatable bonds is 5. The molecule has 0 aliphatic carbocycles. The number of benzene rings is 1. The third-order valence-electron chi connectivity index (χ3n) is 2.41. The lowest BCUT2D eigenvalue weighted by Gasteiger charge is -2.05. The summed E-state index contributed by atoms with van der Waals surface area (Å²) in [7, 11) is 0. The highest BCUT2D eigenvalue weighted by atomic mass is 79.9. The van der Waals surface area contributed by atoms with Crippen LogP contribution in [0.2, 0.25) is 0 Å². The average molecular weight is 337 g/mol. The van der Waals surface area contributed by atoms with E-state index >= 15 is 0 Å². The predicted octanol–water partition coefficient (Wildman–Crippen LogP) is 1.86. The van der Waals surface area contributed by atoms with Crippen molar-refractivity contribution < 1.29 is 14.3 Å². The summed E-state index contributed by atoms with van der Waals surface area (Å²) < 4.78 is 5.74. The topological polar surface area (TPSA) is 93.2 Å². The SMILES string of the molecule is C/C(N)=C(/C#N)C(=O)COC(=O)Cc1ccc(Br)cc1. The van der Waals surface area contributed by atoms with E-state index in [2.05, 4.69) is 15.9 Å². The summed E-state index contributed by atoms with van der Waals surface area (Å²) in [5, 5.41) is 8.74. The van der Waals surface area contributed by atoms with Crippen molar-refractivity contribution in [1.82, 2.24) is 0 Å². The predicted molar refractivity (Wildman–Crippen MR) is 76.3 cm³/mol. The minimum Gasteiger partial charge on any atom is -0.457 e. The van der Waals surface area contributed by atoms with Crippen LogP contribution in [0.3, 0.4) is 0 Å². The Bertz CT molecular complexity index is 581. The van der Waals surface area contributed by atoms with Gasteiger partial charge in [0.1, 0.15) is 11.6 Å². The van der Waals surface area contributed by atoms with E-state index in [1.165, 1.54) is 6.92 Å². The Morgan fingerprint density at radius 2 is 1.95 bits per heavy atom. The first-order valence-electron chi connectivity index (χ1n) is 5.73. The molecule has 0 aromatic heterocycles. The second kappa shape index (κ2) is 7.46. The summed E-state index contributed by atoms with van der Waals surface area (Å²) in [5.41, 5.74) is 6.09. The molecule has 0 spiro atoms. The molecule has 0 radical (unpaired) electrons. The lowest BCUT2D eigenvalue weighted by molar-refractivity contribution is -0.146. The fourth-order valence-electron chi connectivity index (χ4n) is 1.41. The third-order valence-corrected chi connectivity index (χ3v) is 2.94. The first kappa shape index (κ1) is 15.9. The average Bonchev–Trinajstić information content (AvgIpc) is 2.39. The Kier molecular flexibility index (Phi) is 5.94. The van der Waals surface area contributed by atoms with Gasteiger partial charge in [-0.2, -0.15) is 5.26 Å². The van der Waals surface area contributed by atoms with Crippen molar-refractivity contribution in [3.63, 3.8) is 0 Å². The molecule has 1 aromatic rings. The van der Waals surface area contributed by atoms with Crippen molar-refractivity contribution in [1.29, 1.82) is 5.26 Å². The molecule has 0 saturated heterocycles. The van der Waals surface area contributed by atoms with E-state index in [4.69, 9.17) is 15.7 Å². The van der Waals surface area contributed by atoms with Crippen molar-refractivity contribution in [2.75, 3.05) is 6.61 Å². The van der Waals surface area contributed by atoms with Crippen LogP contribution < -0.4 is 5.73 Å². The number of nitrogens with two attached hydrogens (primary N) is 1. The summed E-state index contributed by atoms with van der Waals surface area (Å²) in [5.74, 6) is -1.13. The molecule has 0 unspecified atom stereocenters. The number of carbonyl (C=O) groups is 2. The number of hydrogen-bond donors (Lipinski definition) is 1. The number of ether oxygens (including phenoxy) is 1. The molecule has 104 valence electrons. The van der Waals surface area contributed by atoms with Crippen molar-refractivity contribution in [2.45, 2.75) is 13.3 Å². The van der Waals surface area contributed by atoms with Crippen LogP contribution in [-0.2, 0) is 20.7 Å². The monoisotopic (exact) mass is 336 g/mol. The van der Waals surface area contributed by atoms with E-state index in [9.17, 15) is 9.59 Å². The quantitative estimate of drug-likeness (QED) is 0.503. The zero-order valence-electron chi connectivity index (χ0n) is 10.9. The van der Waals surface area contributed by atoms with Gasteiger partial charge in [-0.15, -0.1) is 0 Å². The van der Waals surface area contributed by atoms with Gasteiger partial charge in [-0.05, 0) is 24.6 Å². The lowest BCUT2D eigenvalue weighted by Crippen LogP contribution is -2.18. The molecule has 20 heavy (non-hydrogen) atoms. The van der Waals surface area contributed by atoms with Gasteiger partial charge in [0.15, 0.2) is 6.61 Å². The molecule has 0 heterocycles. The molecular formula is C14H13BrN2O3. The molecule has 0 bridgehead atoms. The molecule has 6 heteroatoms. The van der Waals surface area contributed by atoms with Crippen LogP contribution in [0, 0.1) is 11.3 Å². The zero-order valence-corrected chi connectivity index (χ0v) is 12.4. The minimum absolute atomic E-state index is 0.0633. The van der Waals surface area contributed by atoms with Crippen molar-refractivity contribution >= 4 is 27.7 Å². The molecule has 1 aromatic carbocycles. The van der Waals surface area contributed by atoms with Gasteiger partial charge in [-0.3, -0.25) is 9.59 Å². The number of ketones is 1. The molecule has 0 aliphatic heterocycles. The molecular weight excluding hydrogens is 324 g/mol. The standard InChI is InChI=1S/C14H13BrN2O3/c1-9(17)12(7-16)13(18)8-20-14(19)6-10-2-4-11(15)5-3-10/h2-5H,6,8,17H2,1H3/b12-9+. The third kappa shape index (κ3) is 4.86. The van der Waals surface area contributed by atoms with Gasteiger partial charge in [0.2, 0.25) is 5.78 Å². The van der Waals surface area contributed by atoms with E-state index in [1.807, 2.05) is 12.1 Å². The highest BCUT2D eigenvalue weighted by Crippen LogP contribution is 2.11. The number of esters is 1. The van der Waals surface area contributed by atoms with E-state index < -0.39 is 18.4 Å².